The van der Waals surface area contributed by atoms with Crippen molar-refractivity contribution in [1.82, 2.24) is 4.98 Å². The van der Waals surface area contributed by atoms with Gasteiger partial charge < -0.3 is 19.9 Å². The lowest BCUT2D eigenvalue weighted by molar-refractivity contribution is -0.0953. The Morgan fingerprint density at radius 2 is 2.10 bits per heavy atom. The lowest BCUT2D eigenvalue weighted by atomic mass is 9.88. The second-order valence-electron chi connectivity index (χ2n) is 6.12. The van der Waals surface area contributed by atoms with Gasteiger partial charge in [-0.05, 0) is 39.7 Å². The second-order valence-corrected chi connectivity index (χ2v) is 6.12. The maximum absolute atomic E-state index is 8.67. The van der Waals surface area contributed by atoms with Crippen LogP contribution in [0.15, 0.2) is 18.3 Å². The number of aromatic nitrogens is 1. The molecule has 2 N–H and O–H groups in total. The zero-order valence-corrected chi connectivity index (χ0v) is 12.4. The van der Waals surface area contributed by atoms with E-state index in [1.807, 2.05) is 6.07 Å². The number of nitrogens with one attached hydrogen (secondary N) is 1. The van der Waals surface area contributed by atoms with E-state index in [2.05, 4.69) is 31.1 Å². The van der Waals surface area contributed by atoms with Gasteiger partial charge in [-0.3, -0.25) is 0 Å². The predicted molar refractivity (Wildman–Crippen MR) is 78.1 cm³/mol. The summed E-state index contributed by atoms with van der Waals surface area (Å²) in [5.41, 5.74) is 0.920. The number of ether oxygens (including phenoxy) is 2. The van der Waals surface area contributed by atoms with Crippen molar-refractivity contribution >= 4 is 5.69 Å². The van der Waals surface area contributed by atoms with E-state index in [0.717, 1.165) is 18.5 Å². The van der Waals surface area contributed by atoms with Crippen LogP contribution in [0.1, 0.15) is 33.6 Å². The van der Waals surface area contributed by atoms with E-state index in [4.69, 9.17) is 14.6 Å². The van der Waals surface area contributed by atoms with Crippen molar-refractivity contribution in [3.05, 3.63) is 18.3 Å². The van der Waals surface area contributed by atoms with E-state index >= 15 is 0 Å². The van der Waals surface area contributed by atoms with E-state index in [0.29, 0.717) is 18.0 Å². The smallest absolute Gasteiger partial charge is 0.213 e. The molecule has 0 atom stereocenters. The van der Waals surface area contributed by atoms with E-state index in [1.54, 1.807) is 12.3 Å². The number of nitrogens with zero attached hydrogens (tertiary/aromatic N) is 1. The number of hydrogen-bond acceptors (Lipinski definition) is 5. The minimum Gasteiger partial charge on any atom is -0.475 e. The average molecular weight is 280 g/mol. The quantitative estimate of drug-likeness (QED) is 0.836. The molecular formula is C15H24N2O3. The van der Waals surface area contributed by atoms with Crippen molar-refractivity contribution in [3.63, 3.8) is 0 Å². The molecule has 0 amide bonds. The van der Waals surface area contributed by atoms with E-state index < -0.39 is 0 Å². The highest BCUT2D eigenvalue weighted by Crippen LogP contribution is 2.30. The van der Waals surface area contributed by atoms with Crippen LogP contribution in [-0.4, -0.2) is 41.1 Å². The van der Waals surface area contributed by atoms with Crippen molar-refractivity contribution in [2.45, 2.75) is 51.4 Å². The van der Waals surface area contributed by atoms with Crippen LogP contribution < -0.4 is 10.1 Å². The Hall–Kier alpha value is -1.33. The molecule has 5 heteroatoms. The summed E-state index contributed by atoms with van der Waals surface area (Å²) in [4.78, 5) is 4.18. The highest BCUT2D eigenvalue weighted by atomic mass is 16.5. The molecule has 0 bridgehead atoms. The molecule has 20 heavy (non-hydrogen) atoms. The van der Waals surface area contributed by atoms with Crippen LogP contribution in [0.2, 0.25) is 0 Å². The number of aliphatic hydroxyl groups is 1. The number of anilines is 1. The number of rotatable bonds is 6. The van der Waals surface area contributed by atoms with Gasteiger partial charge in [0, 0.05) is 12.1 Å². The van der Waals surface area contributed by atoms with Gasteiger partial charge in [0.05, 0.1) is 30.2 Å². The molecule has 112 valence electrons. The normalized spacial score (nSPS) is 22.2. The first-order chi connectivity index (χ1) is 9.46. The summed E-state index contributed by atoms with van der Waals surface area (Å²) in [6.07, 6.45) is 4.16. The molecule has 1 aliphatic carbocycles. The minimum atomic E-state index is -0.0666. The summed E-state index contributed by atoms with van der Waals surface area (Å²) >= 11 is 0. The first-order valence-electron chi connectivity index (χ1n) is 7.10. The fourth-order valence-electron chi connectivity index (χ4n) is 2.22. The lowest BCUT2D eigenvalue weighted by Gasteiger charge is -2.40. The van der Waals surface area contributed by atoms with Crippen LogP contribution in [0.25, 0.3) is 0 Å². The maximum atomic E-state index is 8.67. The van der Waals surface area contributed by atoms with Crippen molar-refractivity contribution in [2.24, 2.45) is 0 Å². The van der Waals surface area contributed by atoms with Gasteiger partial charge >= 0.3 is 0 Å². The molecule has 2 rings (SSSR count). The first-order valence-corrected chi connectivity index (χ1v) is 7.10. The second kappa shape index (κ2) is 6.41. The van der Waals surface area contributed by atoms with Gasteiger partial charge in [-0.1, -0.05) is 0 Å². The Kier molecular flexibility index (Phi) is 4.83. The summed E-state index contributed by atoms with van der Waals surface area (Å²) in [5, 5.41) is 12.1. The summed E-state index contributed by atoms with van der Waals surface area (Å²) < 4.78 is 11.1. The molecule has 0 aliphatic heterocycles. The van der Waals surface area contributed by atoms with Gasteiger partial charge in [-0.2, -0.15) is 0 Å². The summed E-state index contributed by atoms with van der Waals surface area (Å²) in [6, 6.07) is 4.20. The number of hydrogen-bond donors (Lipinski definition) is 2. The molecule has 0 radical (unpaired) electrons. The van der Waals surface area contributed by atoms with Gasteiger partial charge in [0.2, 0.25) is 5.88 Å². The van der Waals surface area contributed by atoms with Crippen LogP contribution in [0.5, 0.6) is 5.88 Å². The molecule has 0 spiro atoms. The van der Waals surface area contributed by atoms with Crippen LogP contribution >= 0.6 is 0 Å². The molecule has 1 fully saturated rings. The Labute approximate surface area is 120 Å². The molecule has 1 saturated carbocycles. The van der Waals surface area contributed by atoms with E-state index in [9.17, 15) is 0 Å². The first kappa shape index (κ1) is 15.1. The highest BCUT2D eigenvalue weighted by Gasteiger charge is 2.32. The van der Waals surface area contributed by atoms with E-state index in [-0.39, 0.29) is 18.8 Å². The minimum absolute atomic E-state index is 0.00107. The predicted octanol–water partition coefficient (Wildman–Crippen LogP) is 2.21. The van der Waals surface area contributed by atoms with Gasteiger partial charge in [0.1, 0.15) is 6.61 Å². The number of pyridine rings is 1. The van der Waals surface area contributed by atoms with Crippen molar-refractivity contribution in [1.29, 1.82) is 0 Å². The summed E-state index contributed by atoms with van der Waals surface area (Å²) in [5.74, 6) is 0.534. The highest BCUT2D eigenvalue weighted by molar-refractivity contribution is 5.43. The third kappa shape index (κ3) is 4.65. The third-order valence-corrected chi connectivity index (χ3v) is 3.06. The molecule has 1 aromatic rings. The average Bonchev–Trinajstić information content (AvgIpc) is 2.34. The summed E-state index contributed by atoms with van der Waals surface area (Å²) in [6.45, 7) is 6.53. The molecule has 0 saturated heterocycles. The van der Waals surface area contributed by atoms with Crippen LogP contribution in [-0.2, 0) is 4.74 Å². The Bertz CT molecular complexity index is 408. The molecule has 1 aliphatic rings. The Morgan fingerprint density at radius 1 is 1.35 bits per heavy atom. The van der Waals surface area contributed by atoms with E-state index in [1.165, 1.54) is 0 Å². The lowest BCUT2D eigenvalue weighted by Crippen LogP contribution is -2.44. The van der Waals surface area contributed by atoms with Crippen molar-refractivity contribution < 1.29 is 14.6 Å². The Morgan fingerprint density at radius 3 is 2.65 bits per heavy atom. The van der Waals surface area contributed by atoms with Crippen LogP contribution in [0, 0.1) is 0 Å². The maximum Gasteiger partial charge on any atom is 0.213 e. The van der Waals surface area contributed by atoms with Crippen molar-refractivity contribution in [2.75, 3.05) is 18.5 Å². The molecule has 1 heterocycles. The summed E-state index contributed by atoms with van der Waals surface area (Å²) in [7, 11) is 0. The Balaban J connectivity index is 1.73. The standard InChI is InChI=1S/C15H24N2O3/c1-15(2,3)20-13-8-12(9-13)17-11-4-5-14(16-10-11)19-7-6-18/h4-5,10,12-13,17-18H,6-9H2,1-3H3. The zero-order chi connectivity index (χ0) is 14.6. The third-order valence-electron chi connectivity index (χ3n) is 3.06. The molecular weight excluding hydrogens is 256 g/mol. The van der Waals surface area contributed by atoms with Gasteiger partial charge in [-0.25, -0.2) is 4.98 Å². The molecule has 5 nitrogen and oxygen atoms in total. The topological polar surface area (TPSA) is 63.6 Å². The van der Waals surface area contributed by atoms with Crippen LogP contribution in [0.3, 0.4) is 0 Å². The fourth-order valence-corrected chi connectivity index (χ4v) is 2.22. The SMILES string of the molecule is CC(C)(C)OC1CC(Nc2ccc(OCCO)nc2)C1. The zero-order valence-electron chi connectivity index (χ0n) is 12.4. The number of aliphatic hydroxyl groups excluding tert-OH is 1. The van der Waals surface area contributed by atoms with Gasteiger partial charge in [0.15, 0.2) is 0 Å². The largest absolute Gasteiger partial charge is 0.475 e. The molecule has 0 unspecified atom stereocenters. The fraction of sp³-hybridized carbons (Fsp3) is 0.667. The van der Waals surface area contributed by atoms with Gasteiger partial charge in [-0.15, -0.1) is 0 Å². The van der Waals surface area contributed by atoms with Gasteiger partial charge in [0.25, 0.3) is 0 Å². The molecule has 0 aromatic carbocycles. The monoisotopic (exact) mass is 280 g/mol. The van der Waals surface area contributed by atoms with Crippen molar-refractivity contribution in [3.8, 4) is 5.88 Å². The van der Waals surface area contributed by atoms with Crippen LogP contribution in [0.4, 0.5) is 5.69 Å². The molecule has 1 aromatic heterocycles.